The first-order valence-corrected chi connectivity index (χ1v) is 7.53. The van der Waals surface area contributed by atoms with Crippen LogP contribution in [0, 0.1) is 0 Å². The minimum atomic E-state index is -0.575. The minimum absolute atomic E-state index is 0.136. The second-order valence-corrected chi connectivity index (χ2v) is 6.06. The van der Waals surface area contributed by atoms with Crippen LogP contribution < -0.4 is 0 Å². The van der Waals surface area contributed by atoms with Gasteiger partial charge in [-0.15, -0.1) is 11.8 Å². The Balaban J connectivity index is 1.84. The second kappa shape index (κ2) is 5.96. The van der Waals surface area contributed by atoms with Gasteiger partial charge in [-0.25, -0.2) is 0 Å². The maximum atomic E-state index is 9.25. The Hall–Kier alpha value is -0.160. The molecule has 2 atom stereocenters. The highest BCUT2D eigenvalue weighted by Crippen LogP contribution is 2.40. The second-order valence-electron chi connectivity index (χ2n) is 3.92. The molecule has 0 spiro atoms. The lowest BCUT2D eigenvalue weighted by atomic mass is 10.0. The Bertz CT molecular complexity index is 344. The molecule has 0 bridgehead atoms. The highest BCUT2D eigenvalue weighted by Gasteiger charge is 2.22. The van der Waals surface area contributed by atoms with Crippen LogP contribution >= 0.6 is 23.5 Å². The van der Waals surface area contributed by atoms with Gasteiger partial charge in [0.1, 0.15) is 0 Å². The summed E-state index contributed by atoms with van der Waals surface area (Å²) in [5.41, 5.74) is 1.44. The van der Waals surface area contributed by atoms with Gasteiger partial charge in [-0.2, -0.15) is 11.8 Å². The molecule has 2 unspecified atom stereocenters. The first kappa shape index (κ1) is 12.3. The smallest absolute Gasteiger partial charge is 0.0861 e. The molecule has 0 aromatic heterocycles. The fourth-order valence-corrected chi connectivity index (χ4v) is 4.27. The molecular weight excluding hydrogens is 240 g/mol. The average molecular weight is 256 g/mol. The molecule has 1 aromatic carbocycles. The summed E-state index contributed by atoms with van der Waals surface area (Å²) in [5.74, 6) is 3.39. The van der Waals surface area contributed by atoms with Crippen LogP contribution in [0.15, 0.2) is 29.2 Å². The average Bonchev–Trinajstić information content (AvgIpc) is 2.73. The molecule has 0 fully saturated rings. The van der Waals surface area contributed by atoms with Crippen molar-refractivity contribution in [3.63, 3.8) is 0 Å². The van der Waals surface area contributed by atoms with E-state index in [1.165, 1.54) is 10.5 Å². The summed E-state index contributed by atoms with van der Waals surface area (Å²) in [6.45, 7) is -0.136. The van der Waals surface area contributed by atoms with E-state index in [0.717, 1.165) is 11.5 Å². The lowest BCUT2D eigenvalue weighted by Crippen LogP contribution is -2.15. The number of fused-ring (bicyclic) bond motifs is 1. The summed E-state index contributed by atoms with van der Waals surface area (Å²) in [4.78, 5) is 1.40. The van der Waals surface area contributed by atoms with E-state index in [1.807, 2.05) is 11.8 Å². The summed E-state index contributed by atoms with van der Waals surface area (Å²) >= 11 is 3.64. The summed E-state index contributed by atoms with van der Waals surface area (Å²) < 4.78 is 0. The Morgan fingerprint density at radius 3 is 3.06 bits per heavy atom. The third kappa shape index (κ3) is 2.94. The van der Waals surface area contributed by atoms with Crippen LogP contribution in [0.2, 0.25) is 0 Å². The zero-order valence-electron chi connectivity index (χ0n) is 9.00. The molecule has 4 heteroatoms. The van der Waals surface area contributed by atoms with Gasteiger partial charge >= 0.3 is 0 Å². The van der Waals surface area contributed by atoms with Crippen molar-refractivity contribution < 1.29 is 10.2 Å². The molecule has 0 saturated heterocycles. The Morgan fingerprint density at radius 1 is 1.44 bits per heavy atom. The van der Waals surface area contributed by atoms with Gasteiger partial charge in [-0.1, -0.05) is 18.2 Å². The van der Waals surface area contributed by atoms with Crippen molar-refractivity contribution in [3.8, 4) is 0 Å². The number of thioether (sulfide) groups is 2. The lowest BCUT2D eigenvalue weighted by Gasteiger charge is -2.11. The fraction of sp³-hybridized carbons (Fsp3) is 0.500. The number of benzene rings is 1. The fourth-order valence-electron chi connectivity index (χ4n) is 1.77. The maximum absolute atomic E-state index is 9.25. The van der Waals surface area contributed by atoms with Crippen LogP contribution in [-0.4, -0.2) is 40.2 Å². The molecular formula is C12H16O2S2. The molecule has 1 heterocycles. The van der Waals surface area contributed by atoms with E-state index < -0.39 is 6.10 Å². The third-order valence-electron chi connectivity index (χ3n) is 2.64. The summed E-state index contributed by atoms with van der Waals surface area (Å²) in [6, 6.07) is 8.54. The van der Waals surface area contributed by atoms with E-state index >= 15 is 0 Å². The first-order chi connectivity index (χ1) is 7.81. The number of hydrogen-bond donors (Lipinski definition) is 2. The van der Waals surface area contributed by atoms with Crippen LogP contribution in [0.3, 0.4) is 0 Å². The quantitative estimate of drug-likeness (QED) is 0.845. The molecule has 0 aliphatic carbocycles. The van der Waals surface area contributed by atoms with Gasteiger partial charge in [0, 0.05) is 28.1 Å². The zero-order chi connectivity index (χ0) is 11.4. The van der Waals surface area contributed by atoms with E-state index in [4.69, 9.17) is 5.11 Å². The lowest BCUT2D eigenvalue weighted by molar-refractivity contribution is 0.113. The van der Waals surface area contributed by atoms with Crippen LogP contribution in [0.25, 0.3) is 0 Å². The highest BCUT2D eigenvalue weighted by atomic mass is 32.2. The molecule has 0 amide bonds. The van der Waals surface area contributed by atoms with E-state index in [1.54, 1.807) is 11.8 Å². The van der Waals surface area contributed by atoms with E-state index in [-0.39, 0.29) is 6.61 Å². The molecule has 2 N–H and O–H groups in total. The largest absolute Gasteiger partial charge is 0.394 e. The number of aliphatic hydroxyl groups is 2. The first-order valence-electron chi connectivity index (χ1n) is 5.39. The predicted molar refractivity (Wildman–Crippen MR) is 70.3 cm³/mol. The maximum Gasteiger partial charge on any atom is 0.0861 e. The highest BCUT2D eigenvalue weighted by molar-refractivity contribution is 8.00. The Kier molecular flexibility index (Phi) is 4.58. The Morgan fingerprint density at radius 2 is 2.25 bits per heavy atom. The van der Waals surface area contributed by atoms with Gasteiger partial charge in [0.2, 0.25) is 0 Å². The van der Waals surface area contributed by atoms with E-state index in [2.05, 4.69) is 24.3 Å². The van der Waals surface area contributed by atoms with Crippen molar-refractivity contribution in [1.29, 1.82) is 0 Å². The van der Waals surface area contributed by atoms with Gasteiger partial charge in [-0.05, 0) is 11.6 Å². The van der Waals surface area contributed by atoms with Crippen LogP contribution in [0.4, 0.5) is 0 Å². The molecule has 16 heavy (non-hydrogen) atoms. The molecule has 88 valence electrons. The molecule has 2 rings (SSSR count). The van der Waals surface area contributed by atoms with Crippen molar-refractivity contribution in [3.05, 3.63) is 29.8 Å². The van der Waals surface area contributed by atoms with Crippen molar-refractivity contribution in [2.24, 2.45) is 0 Å². The molecule has 1 aromatic rings. The standard InChI is InChI=1S/C12H16O2S2/c13-5-10(14)8-15-6-9-7-16-12-4-2-1-3-11(9)12/h1-4,9-10,13-14H,5-8H2. The number of hydrogen-bond acceptors (Lipinski definition) is 4. The molecule has 1 aliphatic rings. The molecule has 0 saturated carbocycles. The summed E-state index contributed by atoms with van der Waals surface area (Å²) in [6.07, 6.45) is -0.575. The minimum Gasteiger partial charge on any atom is -0.394 e. The van der Waals surface area contributed by atoms with Crippen molar-refractivity contribution in [1.82, 2.24) is 0 Å². The topological polar surface area (TPSA) is 40.5 Å². The van der Waals surface area contributed by atoms with Crippen LogP contribution in [0.5, 0.6) is 0 Å². The van der Waals surface area contributed by atoms with Gasteiger partial charge in [0.15, 0.2) is 0 Å². The predicted octanol–water partition coefficient (Wildman–Crippen LogP) is 1.96. The van der Waals surface area contributed by atoms with E-state index in [0.29, 0.717) is 11.7 Å². The number of rotatable bonds is 5. The van der Waals surface area contributed by atoms with Gasteiger partial charge in [-0.3, -0.25) is 0 Å². The van der Waals surface area contributed by atoms with Gasteiger partial charge in [0.05, 0.1) is 12.7 Å². The number of aliphatic hydroxyl groups excluding tert-OH is 2. The zero-order valence-corrected chi connectivity index (χ0v) is 10.6. The van der Waals surface area contributed by atoms with Crippen LogP contribution in [0.1, 0.15) is 11.5 Å². The SMILES string of the molecule is OCC(O)CSCC1CSc2ccccc21. The molecule has 2 nitrogen and oxygen atoms in total. The van der Waals surface area contributed by atoms with Crippen molar-refractivity contribution in [2.45, 2.75) is 16.9 Å². The van der Waals surface area contributed by atoms with Gasteiger partial charge < -0.3 is 10.2 Å². The molecule has 0 radical (unpaired) electrons. The van der Waals surface area contributed by atoms with Gasteiger partial charge in [0.25, 0.3) is 0 Å². The Labute approximate surface area is 104 Å². The normalized spacial score (nSPS) is 20.8. The van der Waals surface area contributed by atoms with Crippen molar-refractivity contribution in [2.75, 3.05) is 23.9 Å². The molecule has 1 aliphatic heterocycles. The van der Waals surface area contributed by atoms with E-state index in [9.17, 15) is 5.11 Å². The summed E-state index contributed by atoms with van der Waals surface area (Å²) in [5, 5.41) is 18.0. The third-order valence-corrected chi connectivity index (χ3v) is 5.15. The summed E-state index contributed by atoms with van der Waals surface area (Å²) in [7, 11) is 0. The van der Waals surface area contributed by atoms with Crippen molar-refractivity contribution >= 4 is 23.5 Å². The monoisotopic (exact) mass is 256 g/mol. The van der Waals surface area contributed by atoms with Crippen LogP contribution in [-0.2, 0) is 0 Å².